The van der Waals surface area contributed by atoms with Crippen molar-refractivity contribution < 1.29 is 0 Å². The standard InChI is InChI=1S/C5H8N8/c6-11-3-1-4(12-7)13-5(10-3)8-2-9-13/h1-2,12H,6-7H2,(H,8,9,10,11). The summed E-state index contributed by atoms with van der Waals surface area (Å²) in [6.07, 6.45) is 1.38. The van der Waals surface area contributed by atoms with Gasteiger partial charge in [0, 0.05) is 6.07 Å². The molecule has 0 bridgehead atoms. The molecule has 0 spiro atoms. The van der Waals surface area contributed by atoms with Crippen molar-refractivity contribution >= 4 is 17.4 Å². The number of nitrogens with one attached hydrogen (secondary N) is 2. The quantitative estimate of drug-likeness (QED) is 0.335. The predicted octanol–water partition coefficient (Wildman–Crippen LogP) is -1.30. The molecule has 0 amide bonds. The van der Waals surface area contributed by atoms with Crippen LogP contribution in [0.2, 0.25) is 0 Å². The van der Waals surface area contributed by atoms with Crippen LogP contribution in [-0.2, 0) is 0 Å². The molecule has 2 aromatic rings. The number of nitrogens with zero attached hydrogens (tertiary/aromatic N) is 4. The van der Waals surface area contributed by atoms with Crippen molar-refractivity contribution in [1.29, 1.82) is 0 Å². The number of anilines is 2. The van der Waals surface area contributed by atoms with Gasteiger partial charge < -0.3 is 10.9 Å². The van der Waals surface area contributed by atoms with Crippen LogP contribution in [0.5, 0.6) is 0 Å². The molecule has 0 aromatic carbocycles. The minimum Gasteiger partial charge on any atom is -0.308 e. The van der Waals surface area contributed by atoms with E-state index in [1.807, 2.05) is 0 Å². The number of nitrogen functional groups attached to an aromatic ring is 2. The van der Waals surface area contributed by atoms with Gasteiger partial charge in [-0.3, -0.25) is 0 Å². The van der Waals surface area contributed by atoms with Gasteiger partial charge in [-0.05, 0) is 0 Å². The second-order valence-corrected chi connectivity index (χ2v) is 2.29. The fourth-order valence-electron chi connectivity index (χ4n) is 0.989. The van der Waals surface area contributed by atoms with Crippen molar-refractivity contribution in [1.82, 2.24) is 19.6 Å². The van der Waals surface area contributed by atoms with Gasteiger partial charge in [-0.2, -0.15) is 19.6 Å². The SMILES string of the molecule is NNc1cc(NN)n2ncnc2n1. The van der Waals surface area contributed by atoms with E-state index in [1.165, 1.54) is 10.8 Å². The van der Waals surface area contributed by atoms with Crippen molar-refractivity contribution in [3.63, 3.8) is 0 Å². The van der Waals surface area contributed by atoms with E-state index in [9.17, 15) is 0 Å². The average molecular weight is 180 g/mol. The molecule has 0 saturated heterocycles. The summed E-state index contributed by atoms with van der Waals surface area (Å²) in [5.41, 5.74) is 4.85. The third-order valence-corrected chi connectivity index (χ3v) is 1.55. The zero-order chi connectivity index (χ0) is 9.26. The third-order valence-electron chi connectivity index (χ3n) is 1.55. The van der Waals surface area contributed by atoms with Crippen molar-refractivity contribution in [3.05, 3.63) is 12.4 Å². The fourth-order valence-corrected chi connectivity index (χ4v) is 0.989. The minimum atomic E-state index is 0.420. The van der Waals surface area contributed by atoms with Crippen LogP contribution in [0.15, 0.2) is 12.4 Å². The van der Waals surface area contributed by atoms with Gasteiger partial charge in [0.25, 0.3) is 5.78 Å². The lowest BCUT2D eigenvalue weighted by molar-refractivity contribution is 0.935. The molecule has 8 heteroatoms. The summed E-state index contributed by atoms with van der Waals surface area (Å²) in [6.45, 7) is 0. The molecule has 0 aliphatic heterocycles. The van der Waals surface area contributed by atoms with Gasteiger partial charge in [0.1, 0.15) is 18.0 Å². The highest BCUT2D eigenvalue weighted by atomic mass is 15.4. The van der Waals surface area contributed by atoms with Crippen LogP contribution in [-0.4, -0.2) is 19.6 Å². The van der Waals surface area contributed by atoms with Gasteiger partial charge in [0.05, 0.1) is 0 Å². The number of rotatable bonds is 2. The van der Waals surface area contributed by atoms with Gasteiger partial charge in [0.15, 0.2) is 0 Å². The second-order valence-electron chi connectivity index (χ2n) is 2.29. The van der Waals surface area contributed by atoms with Gasteiger partial charge in [0.2, 0.25) is 0 Å². The van der Waals surface area contributed by atoms with E-state index < -0.39 is 0 Å². The molecule has 0 unspecified atom stereocenters. The zero-order valence-electron chi connectivity index (χ0n) is 6.60. The smallest absolute Gasteiger partial charge is 0.256 e. The Hall–Kier alpha value is -1.93. The summed E-state index contributed by atoms with van der Waals surface area (Å²) in [4.78, 5) is 7.91. The Morgan fingerprint density at radius 2 is 2.15 bits per heavy atom. The summed E-state index contributed by atoms with van der Waals surface area (Å²) in [6, 6.07) is 1.61. The van der Waals surface area contributed by atoms with Gasteiger partial charge in [-0.1, -0.05) is 0 Å². The van der Waals surface area contributed by atoms with Crippen LogP contribution in [0.4, 0.5) is 11.6 Å². The summed E-state index contributed by atoms with van der Waals surface area (Å²) in [5.74, 6) is 11.9. The monoisotopic (exact) mass is 180 g/mol. The Balaban J connectivity index is 2.70. The number of nitrogens with two attached hydrogens (primary N) is 2. The van der Waals surface area contributed by atoms with Crippen molar-refractivity contribution in [2.24, 2.45) is 11.7 Å². The molecular formula is C5H8N8. The van der Waals surface area contributed by atoms with E-state index in [0.717, 1.165) is 0 Å². The second kappa shape index (κ2) is 2.84. The Bertz CT molecular complexity index is 419. The van der Waals surface area contributed by atoms with Gasteiger partial charge >= 0.3 is 0 Å². The molecular weight excluding hydrogens is 172 g/mol. The molecule has 8 nitrogen and oxygen atoms in total. The predicted molar refractivity (Wildman–Crippen MR) is 46.4 cm³/mol. The molecule has 68 valence electrons. The maximum Gasteiger partial charge on any atom is 0.256 e. The van der Waals surface area contributed by atoms with E-state index in [4.69, 9.17) is 11.7 Å². The normalized spacial score (nSPS) is 10.3. The van der Waals surface area contributed by atoms with E-state index in [-0.39, 0.29) is 0 Å². The summed E-state index contributed by atoms with van der Waals surface area (Å²) < 4.78 is 1.46. The molecule has 2 rings (SSSR count). The van der Waals surface area contributed by atoms with E-state index in [0.29, 0.717) is 17.4 Å². The zero-order valence-corrected chi connectivity index (χ0v) is 6.60. The van der Waals surface area contributed by atoms with E-state index in [1.54, 1.807) is 6.07 Å². The largest absolute Gasteiger partial charge is 0.308 e. The summed E-state index contributed by atoms with van der Waals surface area (Å²) in [5, 5.41) is 3.90. The molecule has 0 fully saturated rings. The first-order valence-corrected chi connectivity index (χ1v) is 3.49. The highest BCUT2D eigenvalue weighted by Crippen LogP contribution is 2.11. The summed E-state index contributed by atoms with van der Waals surface area (Å²) >= 11 is 0. The molecule has 2 heterocycles. The molecule has 13 heavy (non-hydrogen) atoms. The molecule has 6 N–H and O–H groups in total. The van der Waals surface area contributed by atoms with Gasteiger partial charge in [-0.25, -0.2) is 11.7 Å². The maximum atomic E-state index is 5.26. The fraction of sp³-hybridized carbons (Fsp3) is 0. The molecule has 0 atom stereocenters. The first kappa shape index (κ1) is 7.71. The highest BCUT2D eigenvalue weighted by Gasteiger charge is 2.04. The molecule has 0 aliphatic carbocycles. The van der Waals surface area contributed by atoms with Crippen LogP contribution in [0.3, 0.4) is 0 Å². The first-order chi connectivity index (χ1) is 6.35. The van der Waals surface area contributed by atoms with Crippen LogP contribution in [0, 0.1) is 0 Å². The average Bonchev–Trinajstić information content (AvgIpc) is 2.63. The van der Waals surface area contributed by atoms with Crippen LogP contribution in [0.1, 0.15) is 0 Å². The minimum absolute atomic E-state index is 0.420. The first-order valence-electron chi connectivity index (χ1n) is 3.49. The number of aromatic nitrogens is 4. The van der Waals surface area contributed by atoms with Crippen molar-refractivity contribution in [2.45, 2.75) is 0 Å². The molecule has 2 aromatic heterocycles. The molecule has 0 saturated carbocycles. The Morgan fingerprint density at radius 3 is 2.85 bits per heavy atom. The Labute approximate surface area is 72.9 Å². The number of hydrogen-bond acceptors (Lipinski definition) is 7. The molecule has 0 radical (unpaired) electrons. The maximum absolute atomic E-state index is 5.26. The van der Waals surface area contributed by atoms with Crippen LogP contribution >= 0.6 is 0 Å². The number of hydrogen-bond donors (Lipinski definition) is 4. The number of fused-ring (bicyclic) bond motifs is 1. The molecule has 0 aliphatic rings. The third kappa shape index (κ3) is 1.13. The Morgan fingerprint density at radius 1 is 1.31 bits per heavy atom. The highest BCUT2D eigenvalue weighted by molar-refractivity contribution is 5.52. The Kier molecular flexibility index (Phi) is 1.69. The topological polar surface area (TPSA) is 119 Å². The lowest BCUT2D eigenvalue weighted by Gasteiger charge is -2.04. The summed E-state index contributed by atoms with van der Waals surface area (Å²) in [7, 11) is 0. The van der Waals surface area contributed by atoms with Gasteiger partial charge in [-0.15, -0.1) is 0 Å². The van der Waals surface area contributed by atoms with Crippen LogP contribution in [0.25, 0.3) is 5.78 Å². The number of hydrazine groups is 2. The van der Waals surface area contributed by atoms with E-state index >= 15 is 0 Å². The van der Waals surface area contributed by atoms with E-state index in [2.05, 4.69) is 25.9 Å². The lowest BCUT2D eigenvalue weighted by atomic mass is 10.5. The lowest BCUT2D eigenvalue weighted by Crippen LogP contribution is -2.15. The van der Waals surface area contributed by atoms with Crippen molar-refractivity contribution in [3.8, 4) is 0 Å². The van der Waals surface area contributed by atoms with Crippen molar-refractivity contribution in [2.75, 3.05) is 10.9 Å². The van der Waals surface area contributed by atoms with Crippen LogP contribution < -0.4 is 22.5 Å².